The Bertz CT molecular complexity index is 1250. The van der Waals surface area contributed by atoms with E-state index >= 15 is 0 Å². The first-order chi connectivity index (χ1) is 18.9. The molecule has 2 aromatic carbocycles. The van der Waals surface area contributed by atoms with Crippen LogP contribution in [0.4, 0.5) is 15.9 Å². The van der Waals surface area contributed by atoms with E-state index in [4.69, 9.17) is 4.74 Å². The van der Waals surface area contributed by atoms with Crippen molar-refractivity contribution in [1.29, 1.82) is 0 Å². The topological polar surface area (TPSA) is 101 Å². The van der Waals surface area contributed by atoms with Crippen LogP contribution in [0, 0.1) is 5.82 Å². The predicted octanol–water partition coefficient (Wildman–Crippen LogP) is 5.17. The van der Waals surface area contributed by atoms with Gasteiger partial charge in [0, 0.05) is 30.8 Å². The van der Waals surface area contributed by atoms with Gasteiger partial charge in [-0.15, -0.1) is 0 Å². The maximum Gasteiger partial charge on any atom is 0.248 e. The maximum absolute atomic E-state index is 13.8. The number of pyridine rings is 1. The molecule has 0 radical (unpaired) electrons. The molecule has 1 fully saturated rings. The molecule has 0 bridgehead atoms. The molecular weight excluding hydrogens is 499 g/mol. The Hall–Kier alpha value is -4.27. The summed E-state index contributed by atoms with van der Waals surface area (Å²) < 4.78 is 19.1. The zero-order valence-corrected chi connectivity index (χ0v) is 21.9. The Balaban J connectivity index is 1.57. The number of rotatable bonds is 11. The van der Waals surface area contributed by atoms with E-state index in [-0.39, 0.29) is 43.0 Å². The van der Waals surface area contributed by atoms with Crippen LogP contribution in [0.15, 0.2) is 72.9 Å². The minimum Gasteiger partial charge on any atom is -0.497 e. The first kappa shape index (κ1) is 27.8. The molecule has 0 aliphatic heterocycles. The number of amides is 3. The van der Waals surface area contributed by atoms with Crippen LogP contribution in [-0.4, -0.2) is 35.9 Å². The van der Waals surface area contributed by atoms with Crippen molar-refractivity contribution in [3.63, 3.8) is 0 Å². The van der Waals surface area contributed by atoms with Crippen molar-refractivity contribution in [1.82, 2.24) is 10.3 Å². The molecule has 1 aliphatic carbocycles. The highest BCUT2D eigenvalue weighted by Crippen LogP contribution is 2.31. The molecule has 3 aromatic rings. The fraction of sp³-hybridized carbons (Fsp3) is 0.333. The van der Waals surface area contributed by atoms with E-state index in [1.165, 1.54) is 29.2 Å². The van der Waals surface area contributed by atoms with Crippen LogP contribution in [0.3, 0.4) is 0 Å². The number of carbonyl (C=O) groups is 3. The lowest BCUT2D eigenvalue weighted by molar-refractivity contribution is -0.127. The summed E-state index contributed by atoms with van der Waals surface area (Å²) in [5.41, 5.74) is 0.985. The average Bonchev–Trinajstić information content (AvgIpc) is 3.46. The summed E-state index contributed by atoms with van der Waals surface area (Å²) >= 11 is 0. The average molecular weight is 533 g/mol. The third-order valence-corrected chi connectivity index (χ3v) is 6.74. The second-order valence-electron chi connectivity index (χ2n) is 9.52. The van der Waals surface area contributed by atoms with Crippen LogP contribution in [0.1, 0.15) is 56.6 Å². The van der Waals surface area contributed by atoms with Crippen molar-refractivity contribution < 1.29 is 23.5 Å². The second kappa shape index (κ2) is 13.5. The number of hydrogen-bond acceptors (Lipinski definition) is 5. The summed E-state index contributed by atoms with van der Waals surface area (Å²) in [6, 6.07) is 16.7. The molecule has 4 rings (SSSR count). The van der Waals surface area contributed by atoms with E-state index in [0.29, 0.717) is 22.8 Å². The van der Waals surface area contributed by atoms with Gasteiger partial charge in [0.05, 0.1) is 7.11 Å². The minimum atomic E-state index is -1.02. The summed E-state index contributed by atoms with van der Waals surface area (Å²) in [5.74, 6) is -0.312. The number of nitrogens with zero attached hydrogens (tertiary/aromatic N) is 2. The first-order valence-corrected chi connectivity index (χ1v) is 13.2. The van der Waals surface area contributed by atoms with Crippen LogP contribution >= 0.6 is 0 Å². The van der Waals surface area contributed by atoms with E-state index in [0.717, 1.165) is 25.7 Å². The molecule has 3 amide bonds. The number of anilines is 2. The van der Waals surface area contributed by atoms with Gasteiger partial charge >= 0.3 is 0 Å². The smallest absolute Gasteiger partial charge is 0.248 e. The number of nitrogens with one attached hydrogen (secondary N) is 2. The number of carbonyl (C=O) groups excluding carboxylic acids is 3. The van der Waals surface area contributed by atoms with Crippen molar-refractivity contribution >= 4 is 29.2 Å². The number of benzene rings is 2. The van der Waals surface area contributed by atoms with Crippen molar-refractivity contribution in [3.05, 3.63) is 84.3 Å². The van der Waals surface area contributed by atoms with Crippen LogP contribution < -0.4 is 20.3 Å². The van der Waals surface area contributed by atoms with Crippen molar-refractivity contribution in [2.45, 2.75) is 57.0 Å². The lowest BCUT2D eigenvalue weighted by atomic mass is 10.0. The molecule has 204 valence electrons. The van der Waals surface area contributed by atoms with Crippen LogP contribution in [0.5, 0.6) is 5.75 Å². The monoisotopic (exact) mass is 532 g/mol. The van der Waals surface area contributed by atoms with Crippen molar-refractivity contribution in [2.75, 3.05) is 17.3 Å². The summed E-state index contributed by atoms with van der Waals surface area (Å²) in [6.45, 7) is 0. The highest BCUT2D eigenvalue weighted by molar-refractivity contribution is 6.01. The first-order valence-electron chi connectivity index (χ1n) is 13.2. The SMILES string of the molecule is COc1ccc(N(C(=O)CCCC(=O)Nc2ccccn2)[C@@H](C(=O)NC2CCCC2)c2ccc(F)cc2)cc1. The van der Waals surface area contributed by atoms with Gasteiger partial charge in [0.2, 0.25) is 17.7 Å². The molecular formula is C30H33FN4O4. The van der Waals surface area contributed by atoms with Crippen LogP contribution in [0.25, 0.3) is 0 Å². The van der Waals surface area contributed by atoms with Gasteiger partial charge in [0.15, 0.2) is 0 Å². The number of methoxy groups -OCH3 is 1. The van der Waals surface area contributed by atoms with Gasteiger partial charge in [-0.05, 0) is 73.4 Å². The van der Waals surface area contributed by atoms with Gasteiger partial charge in [-0.1, -0.05) is 31.0 Å². The zero-order chi connectivity index (χ0) is 27.6. The minimum absolute atomic E-state index is 0.0239. The maximum atomic E-state index is 13.8. The number of hydrogen-bond donors (Lipinski definition) is 2. The standard InChI is InChI=1S/C30H33FN4O4/c1-39-25-18-16-24(17-19-25)35(28(37)11-6-10-27(36)34-26-9-4-5-20-32-26)29(21-12-14-22(31)15-13-21)30(38)33-23-7-2-3-8-23/h4-5,9,12-20,23,29H,2-3,6-8,10-11H2,1H3,(H,33,38)(H,32,34,36)/t29-/m1/s1. The Morgan fingerprint density at radius 1 is 1.00 bits per heavy atom. The Labute approximate surface area is 227 Å². The summed E-state index contributed by atoms with van der Waals surface area (Å²) in [5, 5.41) is 5.81. The molecule has 39 heavy (non-hydrogen) atoms. The number of halogens is 1. The number of ether oxygens (including phenoxy) is 1. The molecule has 1 heterocycles. The van der Waals surface area contributed by atoms with E-state index in [1.807, 2.05) is 0 Å². The van der Waals surface area contributed by atoms with Crippen LogP contribution in [0.2, 0.25) is 0 Å². The Morgan fingerprint density at radius 3 is 2.36 bits per heavy atom. The van der Waals surface area contributed by atoms with E-state index < -0.39 is 11.9 Å². The third kappa shape index (κ3) is 7.63. The van der Waals surface area contributed by atoms with E-state index in [2.05, 4.69) is 15.6 Å². The second-order valence-corrected chi connectivity index (χ2v) is 9.52. The molecule has 2 N–H and O–H groups in total. The molecule has 0 saturated heterocycles. The summed E-state index contributed by atoms with van der Waals surface area (Å²) in [7, 11) is 1.55. The van der Waals surface area contributed by atoms with Crippen LogP contribution in [-0.2, 0) is 14.4 Å². The van der Waals surface area contributed by atoms with E-state index in [1.54, 1.807) is 55.8 Å². The molecule has 1 aromatic heterocycles. The predicted molar refractivity (Wildman–Crippen MR) is 147 cm³/mol. The summed E-state index contributed by atoms with van der Waals surface area (Å²) in [6.07, 6.45) is 5.81. The number of aromatic nitrogens is 1. The zero-order valence-electron chi connectivity index (χ0n) is 21.9. The summed E-state index contributed by atoms with van der Waals surface area (Å²) in [4.78, 5) is 45.4. The van der Waals surface area contributed by atoms with Gasteiger partial charge in [-0.3, -0.25) is 19.3 Å². The van der Waals surface area contributed by atoms with Crippen molar-refractivity contribution in [2.24, 2.45) is 0 Å². The molecule has 9 heteroatoms. The lowest BCUT2D eigenvalue weighted by Gasteiger charge is -2.32. The fourth-order valence-electron chi connectivity index (χ4n) is 4.76. The van der Waals surface area contributed by atoms with Gasteiger partial charge in [-0.25, -0.2) is 9.37 Å². The normalized spacial score (nSPS) is 13.9. The van der Waals surface area contributed by atoms with E-state index in [9.17, 15) is 18.8 Å². The molecule has 1 aliphatic rings. The van der Waals surface area contributed by atoms with Gasteiger partial charge in [0.25, 0.3) is 0 Å². The Morgan fingerprint density at radius 2 is 1.72 bits per heavy atom. The quantitative estimate of drug-likeness (QED) is 0.355. The van der Waals surface area contributed by atoms with Gasteiger partial charge in [-0.2, -0.15) is 0 Å². The molecule has 1 saturated carbocycles. The molecule has 0 unspecified atom stereocenters. The van der Waals surface area contributed by atoms with Gasteiger partial charge < -0.3 is 15.4 Å². The lowest BCUT2D eigenvalue weighted by Crippen LogP contribution is -2.46. The fourth-order valence-corrected chi connectivity index (χ4v) is 4.76. The molecule has 0 spiro atoms. The molecule has 1 atom stereocenters. The van der Waals surface area contributed by atoms with Crippen molar-refractivity contribution in [3.8, 4) is 5.75 Å². The highest BCUT2D eigenvalue weighted by atomic mass is 19.1. The largest absolute Gasteiger partial charge is 0.497 e. The highest BCUT2D eigenvalue weighted by Gasteiger charge is 2.34. The molecule has 8 nitrogen and oxygen atoms in total. The third-order valence-electron chi connectivity index (χ3n) is 6.74. The Kier molecular flexibility index (Phi) is 9.61. The van der Waals surface area contributed by atoms with Gasteiger partial charge in [0.1, 0.15) is 23.4 Å².